The number of benzene rings is 1. The highest BCUT2D eigenvalue weighted by atomic mass is 16.7. The van der Waals surface area contributed by atoms with Crippen LogP contribution in [0.5, 0.6) is 0 Å². The molecule has 0 aromatic heterocycles. The zero-order chi connectivity index (χ0) is 31.7. The van der Waals surface area contributed by atoms with Crippen LogP contribution >= 0.6 is 0 Å². The summed E-state index contributed by atoms with van der Waals surface area (Å²) in [6.07, 6.45) is -6.01. The quantitative estimate of drug-likeness (QED) is 0.297. The van der Waals surface area contributed by atoms with Gasteiger partial charge in [-0.3, -0.25) is 9.59 Å². The van der Waals surface area contributed by atoms with E-state index < -0.39 is 76.4 Å². The summed E-state index contributed by atoms with van der Waals surface area (Å²) in [6.45, 7) is 9.59. The first-order chi connectivity index (χ1) is 20.1. The third-order valence-electron chi connectivity index (χ3n) is 10.6. The van der Waals surface area contributed by atoms with Crippen molar-refractivity contribution in [1.29, 1.82) is 0 Å². The summed E-state index contributed by atoms with van der Waals surface area (Å²) >= 11 is 0. The zero-order valence-electron chi connectivity index (χ0n) is 25.5. The minimum atomic E-state index is -1.98. The second kappa shape index (κ2) is 10.4. The van der Waals surface area contributed by atoms with Crippen LogP contribution in [-0.2, 0) is 33.3 Å². The van der Waals surface area contributed by atoms with Crippen LogP contribution in [0, 0.1) is 22.7 Å². The van der Waals surface area contributed by atoms with E-state index in [1.165, 1.54) is 6.92 Å². The fourth-order valence-corrected chi connectivity index (χ4v) is 8.47. The van der Waals surface area contributed by atoms with Crippen LogP contribution in [0.25, 0.3) is 0 Å². The Labute approximate surface area is 250 Å². The molecule has 1 aliphatic heterocycles. The Bertz CT molecular complexity index is 1370. The third-order valence-corrected chi connectivity index (χ3v) is 10.6. The Morgan fingerprint density at radius 2 is 1.72 bits per heavy atom. The number of methoxy groups -OCH3 is 1. The third kappa shape index (κ3) is 4.34. The molecular weight excluding hydrogens is 560 g/mol. The summed E-state index contributed by atoms with van der Waals surface area (Å²) in [7, 11) is 1.15. The van der Waals surface area contributed by atoms with Crippen LogP contribution in [0.2, 0.25) is 0 Å². The molecule has 2 N–H and O–H groups in total. The average Bonchev–Trinajstić information content (AvgIpc) is 2.94. The Morgan fingerprint density at radius 3 is 2.28 bits per heavy atom. The van der Waals surface area contributed by atoms with Gasteiger partial charge in [0.05, 0.1) is 36.7 Å². The molecule has 0 spiro atoms. The van der Waals surface area contributed by atoms with Gasteiger partial charge >= 0.3 is 18.1 Å². The predicted molar refractivity (Wildman–Crippen MR) is 150 cm³/mol. The Balaban J connectivity index is 1.83. The Kier molecular flexibility index (Phi) is 7.55. The predicted octanol–water partition coefficient (Wildman–Crippen LogP) is 3.15. The van der Waals surface area contributed by atoms with E-state index in [9.17, 15) is 29.4 Å². The van der Waals surface area contributed by atoms with E-state index in [1.54, 1.807) is 65.0 Å². The summed E-state index contributed by atoms with van der Waals surface area (Å²) in [5.41, 5.74) is -5.16. The van der Waals surface area contributed by atoms with Crippen LogP contribution in [0.3, 0.4) is 0 Å². The van der Waals surface area contributed by atoms with Gasteiger partial charge in [-0.1, -0.05) is 39.0 Å². The van der Waals surface area contributed by atoms with Crippen molar-refractivity contribution in [2.24, 2.45) is 22.7 Å². The van der Waals surface area contributed by atoms with Crippen LogP contribution in [0.1, 0.15) is 64.7 Å². The first kappa shape index (κ1) is 31.2. The second-order valence-corrected chi connectivity index (χ2v) is 13.0. The largest absolute Gasteiger partial charge is 0.508 e. The molecular formula is C32H40O11. The van der Waals surface area contributed by atoms with Crippen molar-refractivity contribution in [2.75, 3.05) is 13.7 Å². The maximum Gasteiger partial charge on any atom is 0.508 e. The van der Waals surface area contributed by atoms with Crippen molar-refractivity contribution in [2.45, 2.75) is 90.0 Å². The number of aliphatic hydroxyl groups is 2. The smallest absolute Gasteiger partial charge is 0.455 e. The molecule has 3 fully saturated rings. The van der Waals surface area contributed by atoms with Crippen molar-refractivity contribution >= 4 is 23.9 Å². The molecule has 234 valence electrons. The van der Waals surface area contributed by atoms with Gasteiger partial charge in [0, 0.05) is 31.1 Å². The lowest BCUT2D eigenvalue weighted by molar-refractivity contribution is -0.345. The molecule has 1 aromatic rings. The molecule has 9 atom stereocenters. The van der Waals surface area contributed by atoms with Crippen LogP contribution in [0.4, 0.5) is 4.79 Å². The van der Waals surface area contributed by atoms with E-state index in [-0.39, 0.29) is 30.8 Å². The Hall–Kier alpha value is -3.28. The van der Waals surface area contributed by atoms with E-state index in [4.69, 9.17) is 23.7 Å². The highest BCUT2D eigenvalue weighted by Crippen LogP contribution is 2.65. The molecule has 2 bridgehead atoms. The number of carbonyl (C=O) groups is 4. The lowest BCUT2D eigenvalue weighted by Gasteiger charge is -2.67. The topological polar surface area (TPSA) is 155 Å². The molecule has 11 heteroatoms. The molecule has 43 heavy (non-hydrogen) atoms. The molecule has 1 heterocycles. The summed E-state index contributed by atoms with van der Waals surface area (Å²) in [4.78, 5) is 53.9. The molecule has 1 aromatic carbocycles. The number of hydrogen-bond donors (Lipinski definition) is 2. The average molecular weight is 601 g/mol. The number of rotatable bonds is 4. The van der Waals surface area contributed by atoms with Crippen LogP contribution in [0.15, 0.2) is 41.5 Å². The fraction of sp³-hybridized carbons (Fsp3) is 0.625. The van der Waals surface area contributed by atoms with Gasteiger partial charge in [0.1, 0.15) is 29.7 Å². The lowest BCUT2D eigenvalue weighted by atomic mass is 9.43. The van der Waals surface area contributed by atoms with Gasteiger partial charge in [0.2, 0.25) is 0 Å². The monoisotopic (exact) mass is 600 g/mol. The van der Waals surface area contributed by atoms with Crippen molar-refractivity contribution in [1.82, 2.24) is 0 Å². The van der Waals surface area contributed by atoms with E-state index in [0.29, 0.717) is 11.1 Å². The number of ether oxygens (including phenoxy) is 5. The van der Waals surface area contributed by atoms with Gasteiger partial charge in [0.25, 0.3) is 0 Å². The van der Waals surface area contributed by atoms with Crippen molar-refractivity contribution < 1.29 is 53.1 Å². The molecule has 1 saturated heterocycles. The molecule has 0 radical (unpaired) electrons. The SMILES string of the molecule is COC(=O)OC1C[C@H]2OC[C@@]2(OC(C)=O)C2[C@H](OC(=O)c3ccccc3)[C@]3(O)C[C@H](O)C(C)=C([C@@H](C)C(=O)[C@]12C)C3(C)C. The van der Waals surface area contributed by atoms with Crippen LogP contribution in [-0.4, -0.2) is 83.4 Å². The summed E-state index contributed by atoms with van der Waals surface area (Å²) in [5, 5.41) is 24.2. The van der Waals surface area contributed by atoms with E-state index in [1.807, 2.05) is 0 Å². The standard InChI is InChI=1S/C32H40O11/c1-16-20(34)14-32(38)26(42-27(36)19-11-9-8-10-12-19)24-30(6,25(35)17(2)23(16)29(32,4)5)21(41-28(37)39-7)13-22-31(24,15-40-22)43-18(3)33/h8-12,17,20-22,24,26,34,38H,13-15H2,1-7H3/t17-,20+,21?,22-,24?,26+,30-,31+,32-/m1/s1. The van der Waals surface area contributed by atoms with Gasteiger partial charge in [-0.05, 0) is 37.1 Å². The summed E-state index contributed by atoms with van der Waals surface area (Å²) in [6, 6.07) is 8.17. The maximum atomic E-state index is 14.9. The number of fused-ring (bicyclic) bond motifs is 5. The number of aliphatic hydroxyl groups excluding tert-OH is 1. The molecule has 2 saturated carbocycles. The van der Waals surface area contributed by atoms with Crippen molar-refractivity contribution in [3.8, 4) is 0 Å². The molecule has 5 rings (SSSR count). The second-order valence-electron chi connectivity index (χ2n) is 13.0. The summed E-state index contributed by atoms with van der Waals surface area (Å²) in [5.74, 6) is -3.96. The maximum absolute atomic E-state index is 14.9. The fourth-order valence-electron chi connectivity index (χ4n) is 8.47. The minimum Gasteiger partial charge on any atom is -0.455 e. The lowest BCUT2D eigenvalue weighted by Crippen LogP contribution is -2.81. The molecule has 11 nitrogen and oxygen atoms in total. The normalized spacial score (nSPS) is 39.6. The molecule has 0 amide bonds. The zero-order valence-corrected chi connectivity index (χ0v) is 25.5. The van der Waals surface area contributed by atoms with Crippen molar-refractivity contribution in [3.05, 3.63) is 47.0 Å². The van der Waals surface area contributed by atoms with Crippen molar-refractivity contribution in [3.63, 3.8) is 0 Å². The first-order valence-corrected chi connectivity index (χ1v) is 14.5. The van der Waals surface area contributed by atoms with E-state index >= 15 is 0 Å². The van der Waals surface area contributed by atoms with Gasteiger partial charge < -0.3 is 33.9 Å². The van der Waals surface area contributed by atoms with Gasteiger partial charge in [-0.25, -0.2) is 9.59 Å². The Morgan fingerprint density at radius 1 is 1.07 bits per heavy atom. The van der Waals surface area contributed by atoms with Gasteiger partial charge in [-0.2, -0.15) is 0 Å². The highest BCUT2D eigenvalue weighted by molar-refractivity contribution is 5.92. The number of ketones is 1. The van der Waals surface area contributed by atoms with E-state index in [0.717, 1.165) is 7.11 Å². The number of hydrogen-bond acceptors (Lipinski definition) is 11. The van der Waals surface area contributed by atoms with Gasteiger partial charge in [-0.15, -0.1) is 0 Å². The summed E-state index contributed by atoms with van der Waals surface area (Å²) < 4.78 is 28.7. The van der Waals surface area contributed by atoms with Gasteiger partial charge in [0.15, 0.2) is 5.60 Å². The minimum absolute atomic E-state index is 0.0182. The van der Waals surface area contributed by atoms with E-state index in [2.05, 4.69) is 0 Å². The number of Topliss-reactive ketones (excluding diaryl/α,β-unsaturated/α-hetero) is 1. The van der Waals surface area contributed by atoms with Crippen LogP contribution < -0.4 is 0 Å². The molecule has 4 aliphatic rings. The number of carbonyl (C=O) groups excluding carboxylic acids is 4. The molecule has 3 aliphatic carbocycles. The molecule has 2 unspecified atom stereocenters. The highest BCUT2D eigenvalue weighted by Gasteiger charge is 2.78. The first-order valence-electron chi connectivity index (χ1n) is 14.5. The number of esters is 2.